The molecule has 1 aromatic heterocycles. The monoisotopic (exact) mass is 440 g/mol. The molecule has 3 aromatic rings. The molecule has 0 saturated carbocycles. The first-order chi connectivity index (χ1) is 14.8. The number of nitrogens with one attached hydrogen (secondary N) is 1. The average Bonchev–Trinajstić information content (AvgIpc) is 3.14. The smallest absolute Gasteiger partial charge is 0.335 e. The second kappa shape index (κ2) is 7.77. The van der Waals surface area contributed by atoms with E-state index in [-0.39, 0.29) is 35.0 Å². The lowest BCUT2D eigenvalue weighted by atomic mass is 9.99. The highest BCUT2D eigenvalue weighted by atomic mass is 35.5. The van der Waals surface area contributed by atoms with Crippen molar-refractivity contribution in [3.8, 4) is 17.3 Å². The molecule has 9 nitrogen and oxygen atoms in total. The molecular formula is C21H17ClN4O5. The zero-order chi connectivity index (χ0) is 22.3. The number of carbonyl (C=O) groups excluding carboxylic acids is 1. The molecule has 10 heteroatoms. The molecule has 158 valence electrons. The summed E-state index contributed by atoms with van der Waals surface area (Å²) in [5.41, 5.74) is -0.855. The first kappa shape index (κ1) is 20.4. The molecule has 1 atom stereocenters. The van der Waals surface area contributed by atoms with Gasteiger partial charge in [-0.05, 0) is 42.0 Å². The number of carbonyl (C=O) groups is 1. The van der Waals surface area contributed by atoms with E-state index < -0.39 is 23.2 Å². The van der Waals surface area contributed by atoms with E-state index in [1.54, 1.807) is 12.1 Å². The number of rotatable bonds is 3. The van der Waals surface area contributed by atoms with Crippen LogP contribution in [0.1, 0.15) is 30.5 Å². The third-order valence-corrected chi connectivity index (χ3v) is 5.20. The number of H-pyrrole nitrogens is 1. The number of hydrazone groups is 1. The molecule has 1 amide bonds. The molecule has 0 bridgehead atoms. The van der Waals surface area contributed by atoms with E-state index in [2.05, 4.69) is 10.1 Å². The van der Waals surface area contributed by atoms with E-state index in [9.17, 15) is 24.6 Å². The summed E-state index contributed by atoms with van der Waals surface area (Å²) in [4.78, 5) is 39.3. The molecule has 4 rings (SSSR count). The lowest BCUT2D eigenvalue weighted by molar-refractivity contribution is -0.130. The Morgan fingerprint density at radius 2 is 1.87 bits per heavy atom. The minimum atomic E-state index is -0.833. The van der Waals surface area contributed by atoms with Crippen LogP contribution >= 0.6 is 11.6 Å². The molecule has 0 spiro atoms. The number of aromatic hydroxyl groups is 2. The molecule has 3 N–H and O–H groups in total. The summed E-state index contributed by atoms with van der Waals surface area (Å²) in [7, 11) is 0. The van der Waals surface area contributed by atoms with Crippen LogP contribution in [0.25, 0.3) is 5.69 Å². The lowest BCUT2D eigenvalue weighted by Crippen LogP contribution is -2.33. The van der Waals surface area contributed by atoms with Crippen LogP contribution in [0.5, 0.6) is 11.6 Å². The number of hydrogen-bond acceptors (Lipinski definition) is 6. The van der Waals surface area contributed by atoms with E-state index in [1.807, 2.05) is 0 Å². The number of benzene rings is 2. The van der Waals surface area contributed by atoms with Crippen LogP contribution in [-0.2, 0) is 4.79 Å². The second-order valence-electron chi connectivity index (χ2n) is 6.99. The van der Waals surface area contributed by atoms with Crippen LogP contribution in [0.2, 0.25) is 5.02 Å². The van der Waals surface area contributed by atoms with Crippen LogP contribution in [-0.4, -0.2) is 36.4 Å². The van der Waals surface area contributed by atoms with Crippen molar-refractivity contribution in [2.45, 2.75) is 19.4 Å². The fourth-order valence-electron chi connectivity index (χ4n) is 3.56. The van der Waals surface area contributed by atoms with Gasteiger partial charge in [-0.25, -0.2) is 14.4 Å². The quantitative estimate of drug-likeness (QED) is 0.575. The minimum Gasteiger partial charge on any atom is -0.508 e. The Labute approximate surface area is 180 Å². The van der Waals surface area contributed by atoms with Gasteiger partial charge in [0.25, 0.3) is 5.56 Å². The summed E-state index contributed by atoms with van der Waals surface area (Å²) < 4.78 is 0.926. The minimum absolute atomic E-state index is 0.0198. The second-order valence-corrected chi connectivity index (χ2v) is 7.43. The van der Waals surface area contributed by atoms with Crippen LogP contribution in [0.4, 0.5) is 0 Å². The van der Waals surface area contributed by atoms with Gasteiger partial charge < -0.3 is 10.2 Å². The van der Waals surface area contributed by atoms with Crippen LogP contribution in [0.3, 0.4) is 0 Å². The summed E-state index contributed by atoms with van der Waals surface area (Å²) in [6.45, 7) is 1.32. The van der Waals surface area contributed by atoms with Gasteiger partial charge in [0.2, 0.25) is 11.8 Å². The van der Waals surface area contributed by atoms with Gasteiger partial charge in [-0.15, -0.1) is 0 Å². The van der Waals surface area contributed by atoms with Gasteiger partial charge in [-0.3, -0.25) is 14.6 Å². The van der Waals surface area contributed by atoms with E-state index in [0.717, 1.165) is 4.57 Å². The molecule has 0 unspecified atom stereocenters. The van der Waals surface area contributed by atoms with Crippen LogP contribution in [0.15, 0.2) is 63.2 Å². The molecule has 0 fully saturated rings. The third kappa shape index (κ3) is 3.71. The number of amides is 1. The highest BCUT2D eigenvalue weighted by molar-refractivity contribution is 6.30. The highest BCUT2D eigenvalue weighted by Crippen LogP contribution is 2.35. The van der Waals surface area contributed by atoms with E-state index in [0.29, 0.717) is 10.6 Å². The van der Waals surface area contributed by atoms with E-state index in [4.69, 9.17) is 11.6 Å². The van der Waals surface area contributed by atoms with Gasteiger partial charge in [0.05, 0.1) is 17.4 Å². The Kier molecular flexibility index (Phi) is 5.12. The zero-order valence-electron chi connectivity index (χ0n) is 16.2. The normalized spacial score (nSPS) is 15.7. The number of phenolic OH excluding ortho intramolecular Hbond substituents is 1. The van der Waals surface area contributed by atoms with Crippen molar-refractivity contribution >= 4 is 23.2 Å². The van der Waals surface area contributed by atoms with Crippen molar-refractivity contribution in [1.29, 1.82) is 0 Å². The van der Waals surface area contributed by atoms with Crippen LogP contribution in [0, 0.1) is 0 Å². The third-order valence-electron chi connectivity index (χ3n) is 4.95. The molecule has 1 aliphatic heterocycles. The standard InChI is InChI=1S/C21H17ClN4O5/c1-11(27)26-17(12-3-2-4-15(28)9-12)10-16(24-26)18-19(29)23-21(31)25(20(18)30)14-7-5-13(22)6-8-14/h2-9,17,28,30H,10H2,1H3,(H,23,29,31)/t17-/m0/s1. The Bertz CT molecular complexity index is 1330. The Balaban J connectivity index is 1.84. The first-order valence-electron chi connectivity index (χ1n) is 9.27. The van der Waals surface area contributed by atoms with Crippen molar-refractivity contribution in [3.05, 3.63) is 85.5 Å². The molecule has 0 aliphatic carbocycles. The Morgan fingerprint density at radius 1 is 1.16 bits per heavy atom. The highest BCUT2D eigenvalue weighted by Gasteiger charge is 2.34. The molecule has 0 saturated heterocycles. The maximum Gasteiger partial charge on any atom is 0.335 e. The molecule has 2 heterocycles. The Hall–Kier alpha value is -3.85. The summed E-state index contributed by atoms with van der Waals surface area (Å²) in [5, 5.41) is 26.5. The lowest BCUT2D eigenvalue weighted by Gasteiger charge is -2.20. The fraction of sp³-hybridized carbons (Fsp3) is 0.143. The number of nitrogens with zero attached hydrogens (tertiary/aromatic N) is 3. The predicted octanol–water partition coefficient (Wildman–Crippen LogP) is 2.29. The average molecular weight is 441 g/mol. The van der Waals surface area contributed by atoms with Gasteiger partial charge in [0.15, 0.2) is 0 Å². The van der Waals surface area contributed by atoms with E-state index >= 15 is 0 Å². The molecule has 31 heavy (non-hydrogen) atoms. The van der Waals surface area contributed by atoms with Gasteiger partial charge in [-0.2, -0.15) is 5.10 Å². The Morgan fingerprint density at radius 3 is 2.52 bits per heavy atom. The molecule has 0 radical (unpaired) electrons. The number of hydrogen-bond donors (Lipinski definition) is 3. The van der Waals surface area contributed by atoms with Crippen molar-refractivity contribution in [1.82, 2.24) is 14.6 Å². The number of aromatic amines is 1. The largest absolute Gasteiger partial charge is 0.508 e. The van der Waals surface area contributed by atoms with E-state index in [1.165, 1.54) is 48.3 Å². The SMILES string of the molecule is CC(=O)N1N=C(c2c(O)n(-c3ccc(Cl)cc3)c(=O)[nH]c2=O)C[C@H]1c1cccc(O)c1. The summed E-state index contributed by atoms with van der Waals surface area (Å²) in [5.74, 6) is -0.966. The molecule has 1 aliphatic rings. The maximum absolute atomic E-state index is 12.6. The fourth-order valence-corrected chi connectivity index (χ4v) is 3.68. The summed E-state index contributed by atoms with van der Waals surface area (Å²) >= 11 is 5.89. The number of halogens is 1. The van der Waals surface area contributed by atoms with Crippen molar-refractivity contribution in [3.63, 3.8) is 0 Å². The summed E-state index contributed by atoms with van der Waals surface area (Å²) in [6, 6.07) is 11.9. The topological polar surface area (TPSA) is 128 Å². The predicted molar refractivity (Wildman–Crippen MR) is 114 cm³/mol. The van der Waals surface area contributed by atoms with Crippen molar-refractivity contribution < 1.29 is 15.0 Å². The maximum atomic E-state index is 12.6. The zero-order valence-corrected chi connectivity index (χ0v) is 17.0. The van der Waals surface area contributed by atoms with Gasteiger partial charge in [0, 0.05) is 18.4 Å². The molecular weight excluding hydrogens is 424 g/mol. The summed E-state index contributed by atoms with van der Waals surface area (Å²) in [6.07, 6.45) is 0.0957. The molecule has 2 aromatic carbocycles. The van der Waals surface area contributed by atoms with Gasteiger partial charge >= 0.3 is 5.69 Å². The van der Waals surface area contributed by atoms with Crippen molar-refractivity contribution in [2.24, 2.45) is 5.10 Å². The number of aromatic nitrogens is 2. The first-order valence-corrected chi connectivity index (χ1v) is 9.65. The van der Waals surface area contributed by atoms with Crippen molar-refractivity contribution in [2.75, 3.05) is 0 Å². The van der Waals surface area contributed by atoms with Gasteiger partial charge in [-0.1, -0.05) is 23.7 Å². The number of phenols is 1. The van der Waals surface area contributed by atoms with Gasteiger partial charge in [0.1, 0.15) is 11.3 Å². The van der Waals surface area contributed by atoms with Crippen LogP contribution < -0.4 is 11.2 Å².